The zero-order chi connectivity index (χ0) is 17.1. The summed E-state index contributed by atoms with van der Waals surface area (Å²) in [4.78, 5) is 4.48. The summed E-state index contributed by atoms with van der Waals surface area (Å²) in [6, 6.07) is 12.2. The maximum Gasteiger partial charge on any atom is 0.299 e. The highest BCUT2D eigenvalue weighted by molar-refractivity contribution is 7.07. The maximum absolute atomic E-state index is 9.12. The van der Waals surface area contributed by atoms with E-state index in [9.17, 15) is 0 Å². The number of aromatic nitrogens is 2. The van der Waals surface area contributed by atoms with Gasteiger partial charge in [0, 0.05) is 23.7 Å². The van der Waals surface area contributed by atoms with Gasteiger partial charge in [-0.15, -0.1) is 0 Å². The highest BCUT2D eigenvalue weighted by atomic mass is 32.1. The minimum Gasteiger partial charge on any atom is -0.430 e. The lowest BCUT2D eigenvalue weighted by molar-refractivity contribution is 0.299. The van der Waals surface area contributed by atoms with Gasteiger partial charge >= 0.3 is 0 Å². The molecule has 0 spiro atoms. The van der Waals surface area contributed by atoms with Gasteiger partial charge in [-0.3, -0.25) is 0 Å². The Hall–Kier alpha value is -2.24. The zero-order valence-corrected chi connectivity index (χ0v) is 14.9. The number of hydrogen-bond donors (Lipinski definition) is 1. The summed E-state index contributed by atoms with van der Waals surface area (Å²) < 4.78 is 10.3. The van der Waals surface area contributed by atoms with Gasteiger partial charge in [-0.1, -0.05) is 35.9 Å². The van der Waals surface area contributed by atoms with Crippen molar-refractivity contribution in [3.8, 4) is 22.3 Å². The lowest BCUT2D eigenvalue weighted by Crippen LogP contribution is -1.97. The Kier molecular flexibility index (Phi) is 4.92. The molecule has 0 aliphatic rings. The van der Waals surface area contributed by atoms with Crippen molar-refractivity contribution in [1.82, 2.24) is 9.36 Å². The first-order chi connectivity index (χ1) is 11.6. The van der Waals surface area contributed by atoms with Crippen molar-refractivity contribution >= 4 is 11.5 Å². The van der Waals surface area contributed by atoms with Crippen molar-refractivity contribution in [3.63, 3.8) is 0 Å². The average molecular weight is 340 g/mol. The zero-order valence-electron chi connectivity index (χ0n) is 14.0. The van der Waals surface area contributed by atoms with Crippen LogP contribution >= 0.6 is 11.5 Å². The maximum atomic E-state index is 9.12. The van der Waals surface area contributed by atoms with E-state index in [2.05, 4.69) is 22.3 Å². The highest BCUT2D eigenvalue weighted by Crippen LogP contribution is 2.31. The summed E-state index contributed by atoms with van der Waals surface area (Å²) in [5.74, 6) is 1.46. The van der Waals surface area contributed by atoms with Gasteiger partial charge < -0.3 is 9.84 Å². The molecule has 0 bridgehead atoms. The minimum absolute atomic E-state index is 0.150. The van der Waals surface area contributed by atoms with Crippen molar-refractivity contribution in [2.24, 2.45) is 0 Å². The second-order valence-electron chi connectivity index (χ2n) is 5.87. The predicted molar refractivity (Wildman–Crippen MR) is 96.9 cm³/mol. The van der Waals surface area contributed by atoms with Gasteiger partial charge in [0.1, 0.15) is 5.75 Å². The molecule has 0 radical (unpaired) electrons. The van der Waals surface area contributed by atoms with Gasteiger partial charge in [0.05, 0.1) is 0 Å². The molecule has 0 aliphatic heterocycles. The van der Waals surface area contributed by atoms with E-state index in [-0.39, 0.29) is 6.61 Å². The first-order valence-corrected chi connectivity index (χ1v) is 8.64. The summed E-state index contributed by atoms with van der Waals surface area (Å²) in [5, 5.41) is 9.65. The highest BCUT2D eigenvalue weighted by Gasteiger charge is 2.11. The third-order valence-electron chi connectivity index (χ3n) is 3.93. The molecule has 0 aliphatic carbocycles. The van der Waals surface area contributed by atoms with E-state index < -0.39 is 0 Å². The molecular weight excluding hydrogens is 320 g/mol. The number of hydrogen-bond acceptors (Lipinski definition) is 5. The van der Waals surface area contributed by atoms with Crippen molar-refractivity contribution in [3.05, 3.63) is 58.7 Å². The van der Waals surface area contributed by atoms with Crippen LogP contribution in [0.3, 0.4) is 0 Å². The number of rotatable bonds is 5. The summed E-state index contributed by atoms with van der Waals surface area (Å²) in [6.07, 6.45) is 0.656. The Morgan fingerprint density at radius 1 is 1.04 bits per heavy atom. The summed E-state index contributed by atoms with van der Waals surface area (Å²) in [6.45, 7) is 6.22. The molecule has 2 aromatic carbocycles. The van der Waals surface area contributed by atoms with Crippen LogP contribution in [0.25, 0.3) is 11.4 Å². The number of benzene rings is 2. The van der Waals surface area contributed by atoms with E-state index in [1.54, 1.807) is 0 Å². The van der Waals surface area contributed by atoms with Gasteiger partial charge in [0.2, 0.25) is 0 Å². The lowest BCUT2D eigenvalue weighted by atomic mass is 10.0. The van der Waals surface area contributed by atoms with Gasteiger partial charge in [-0.2, -0.15) is 9.36 Å². The molecule has 0 fully saturated rings. The van der Waals surface area contributed by atoms with Crippen LogP contribution in [-0.4, -0.2) is 21.1 Å². The molecular formula is C19H20N2O2S. The Bertz CT molecular complexity index is 841. The van der Waals surface area contributed by atoms with Crippen molar-refractivity contribution in [2.75, 3.05) is 6.61 Å². The number of ether oxygens (including phenoxy) is 1. The molecule has 124 valence electrons. The number of nitrogens with zero attached hydrogens (tertiary/aromatic N) is 2. The van der Waals surface area contributed by atoms with E-state index in [0.29, 0.717) is 17.4 Å². The molecule has 1 aromatic heterocycles. The fourth-order valence-corrected chi connectivity index (χ4v) is 3.08. The molecule has 0 atom stereocenters. The van der Waals surface area contributed by atoms with Crippen molar-refractivity contribution in [2.45, 2.75) is 27.2 Å². The topological polar surface area (TPSA) is 55.2 Å². The largest absolute Gasteiger partial charge is 0.430 e. The summed E-state index contributed by atoms with van der Waals surface area (Å²) >= 11 is 1.25. The molecule has 4 nitrogen and oxygen atoms in total. The Labute approximate surface area is 145 Å². The summed E-state index contributed by atoms with van der Waals surface area (Å²) in [5.41, 5.74) is 5.46. The van der Waals surface area contributed by atoms with Crippen LogP contribution in [-0.2, 0) is 6.42 Å². The van der Waals surface area contributed by atoms with Crippen molar-refractivity contribution in [1.29, 1.82) is 0 Å². The molecule has 24 heavy (non-hydrogen) atoms. The van der Waals surface area contributed by atoms with Crippen LogP contribution in [0.5, 0.6) is 10.9 Å². The van der Waals surface area contributed by atoms with Crippen LogP contribution < -0.4 is 4.74 Å². The number of aliphatic hydroxyl groups excluding tert-OH is 1. The first kappa shape index (κ1) is 16.6. The molecule has 3 aromatic rings. The van der Waals surface area contributed by atoms with E-state index in [0.717, 1.165) is 28.0 Å². The third-order valence-corrected chi connectivity index (χ3v) is 4.52. The second-order valence-corrected chi connectivity index (χ2v) is 6.58. The number of aryl methyl sites for hydroxylation is 3. The molecule has 0 saturated carbocycles. The van der Waals surface area contributed by atoms with Gasteiger partial charge in [0.25, 0.3) is 5.19 Å². The molecule has 1 N–H and O–H groups in total. The van der Waals surface area contributed by atoms with Crippen LogP contribution in [0.15, 0.2) is 36.4 Å². The Morgan fingerprint density at radius 3 is 2.50 bits per heavy atom. The van der Waals surface area contributed by atoms with Crippen molar-refractivity contribution < 1.29 is 9.84 Å². The van der Waals surface area contributed by atoms with E-state index in [1.807, 2.05) is 44.2 Å². The molecule has 5 heteroatoms. The van der Waals surface area contributed by atoms with E-state index in [4.69, 9.17) is 9.84 Å². The van der Waals surface area contributed by atoms with Crippen LogP contribution in [0.1, 0.15) is 22.3 Å². The molecule has 1 heterocycles. The average Bonchev–Trinajstić information content (AvgIpc) is 3.01. The molecule has 0 amide bonds. The molecule has 0 saturated heterocycles. The fraction of sp³-hybridized carbons (Fsp3) is 0.263. The van der Waals surface area contributed by atoms with E-state index in [1.165, 1.54) is 17.1 Å². The normalized spacial score (nSPS) is 10.8. The fourth-order valence-electron chi connectivity index (χ4n) is 2.51. The monoisotopic (exact) mass is 340 g/mol. The summed E-state index contributed by atoms with van der Waals surface area (Å²) in [7, 11) is 0. The Morgan fingerprint density at radius 2 is 1.79 bits per heavy atom. The Balaban J connectivity index is 1.82. The standard InChI is InChI=1S/C19H20N2O2S/c1-12-4-6-15(7-5-12)18-20-19(24-21-18)23-17-11-13(2)16(8-9-22)10-14(17)3/h4-7,10-11,22H,8-9H2,1-3H3. The molecule has 0 unspecified atom stereocenters. The quantitative estimate of drug-likeness (QED) is 0.745. The van der Waals surface area contributed by atoms with Gasteiger partial charge in [-0.25, -0.2) is 0 Å². The predicted octanol–water partition coefficient (Wildman–Crippen LogP) is 4.46. The van der Waals surface area contributed by atoms with E-state index >= 15 is 0 Å². The van der Waals surface area contributed by atoms with Crippen LogP contribution in [0.4, 0.5) is 0 Å². The van der Waals surface area contributed by atoms with Crippen LogP contribution in [0.2, 0.25) is 0 Å². The third kappa shape index (κ3) is 3.63. The molecule has 3 rings (SSSR count). The number of aliphatic hydroxyl groups is 1. The minimum atomic E-state index is 0.150. The van der Waals surface area contributed by atoms with Gasteiger partial charge in [-0.05, 0) is 49.9 Å². The lowest BCUT2D eigenvalue weighted by Gasteiger charge is -2.10. The second kappa shape index (κ2) is 7.11. The SMILES string of the molecule is Cc1ccc(-c2nsc(Oc3cc(C)c(CCO)cc3C)n2)cc1. The van der Waals surface area contributed by atoms with Gasteiger partial charge in [0.15, 0.2) is 5.82 Å². The van der Waals surface area contributed by atoms with Crippen LogP contribution in [0, 0.1) is 20.8 Å². The first-order valence-electron chi connectivity index (χ1n) is 7.86. The smallest absolute Gasteiger partial charge is 0.299 e.